The van der Waals surface area contributed by atoms with Crippen LogP contribution >= 0.6 is 0 Å². The molecule has 0 aromatic carbocycles. The first kappa shape index (κ1) is 37.4. The fraction of sp³-hybridized carbons (Fsp3) is 0.680. The summed E-state index contributed by atoms with van der Waals surface area (Å²) >= 11 is 0. The van der Waals surface area contributed by atoms with Crippen LogP contribution in [0.1, 0.15) is 39.0 Å². The van der Waals surface area contributed by atoms with E-state index in [0.29, 0.717) is 0 Å². The quantitative estimate of drug-likeness (QED) is 0.0563. The first-order chi connectivity index (χ1) is 19.4. The van der Waals surface area contributed by atoms with Gasteiger partial charge in [-0.15, -0.1) is 0 Å². The molecule has 0 fully saturated rings. The lowest BCUT2D eigenvalue weighted by molar-refractivity contribution is -0.127. The molecule has 12 N–H and O–H groups in total. The van der Waals surface area contributed by atoms with Crippen LogP contribution in [-0.4, -0.2) is 99.1 Å². The number of carbonyl (C=O) groups excluding carboxylic acids is 8. The summed E-state index contributed by atoms with van der Waals surface area (Å²) in [7, 11) is 0. The largest absolute Gasteiger partial charge is 0.348 e. The van der Waals surface area contributed by atoms with Crippen molar-refractivity contribution in [3.05, 3.63) is 0 Å². The van der Waals surface area contributed by atoms with E-state index in [2.05, 4.69) is 21.3 Å². The third-order valence-electron chi connectivity index (χ3n) is 6.31. The third-order valence-corrected chi connectivity index (χ3v) is 6.31. The monoisotopic (exact) mass is 584 g/mol. The normalized spacial score (nSPS) is 12.8. The highest BCUT2D eigenvalue weighted by Crippen LogP contribution is 2.33. The fourth-order valence-corrected chi connectivity index (χ4v) is 4.09. The second-order valence-corrected chi connectivity index (χ2v) is 9.63. The maximum atomic E-state index is 12.8. The van der Waals surface area contributed by atoms with Crippen molar-refractivity contribution in [2.45, 2.75) is 39.0 Å². The summed E-state index contributed by atoms with van der Waals surface area (Å²) in [6.07, 6.45) is -0.265. The van der Waals surface area contributed by atoms with Crippen molar-refractivity contribution in [1.29, 1.82) is 0 Å². The number of nitrogens with two attached hydrogens (primary N) is 4. The Bertz CT molecular complexity index is 943. The van der Waals surface area contributed by atoms with Gasteiger partial charge in [-0.3, -0.25) is 38.4 Å². The molecule has 232 valence electrons. The number of hydrogen-bond donors (Lipinski definition) is 8. The smallest absolute Gasteiger partial charge is 0.234 e. The second-order valence-electron chi connectivity index (χ2n) is 9.63. The molecule has 0 aliphatic heterocycles. The highest BCUT2D eigenvalue weighted by molar-refractivity contribution is 5.89. The molecule has 16 nitrogen and oxygen atoms in total. The first-order valence-corrected chi connectivity index (χ1v) is 13.3. The summed E-state index contributed by atoms with van der Waals surface area (Å²) in [6.45, 7) is -0.698. The maximum Gasteiger partial charge on any atom is 0.234 e. The molecule has 0 aromatic rings. The second kappa shape index (κ2) is 21.2. The molecule has 0 saturated heterocycles. The lowest BCUT2D eigenvalue weighted by atomic mass is 9.73. The first-order valence-electron chi connectivity index (χ1n) is 13.3. The Labute approximate surface area is 238 Å². The van der Waals surface area contributed by atoms with E-state index in [0.717, 1.165) is 0 Å². The Balaban J connectivity index is 5.89. The zero-order valence-electron chi connectivity index (χ0n) is 23.5. The van der Waals surface area contributed by atoms with Gasteiger partial charge in [-0.25, -0.2) is 0 Å². The minimum atomic E-state index is -0.605. The molecule has 0 aliphatic rings. The lowest BCUT2D eigenvalue weighted by Gasteiger charge is -2.31. The van der Waals surface area contributed by atoms with Gasteiger partial charge in [0.25, 0.3) is 0 Å². The maximum absolute atomic E-state index is 12.8. The number of amides is 4. The number of hydrogen-bond acceptors (Lipinski definition) is 12. The van der Waals surface area contributed by atoms with Crippen molar-refractivity contribution in [1.82, 2.24) is 21.3 Å². The summed E-state index contributed by atoms with van der Waals surface area (Å²) < 4.78 is 0. The molecule has 16 heteroatoms. The molecule has 0 bridgehead atoms. The summed E-state index contributed by atoms with van der Waals surface area (Å²) in [4.78, 5) is 96.5. The molecule has 3 atom stereocenters. The Morgan fingerprint density at radius 3 is 1.24 bits per heavy atom. The van der Waals surface area contributed by atoms with Crippen molar-refractivity contribution in [3.8, 4) is 0 Å². The van der Waals surface area contributed by atoms with Gasteiger partial charge in [0.2, 0.25) is 23.6 Å². The zero-order chi connectivity index (χ0) is 31.4. The molecule has 0 aromatic heterocycles. The van der Waals surface area contributed by atoms with Gasteiger partial charge in [-0.2, -0.15) is 0 Å². The van der Waals surface area contributed by atoms with Gasteiger partial charge in [0.05, 0.1) is 52.4 Å². The lowest BCUT2D eigenvalue weighted by Crippen LogP contribution is -2.39. The van der Waals surface area contributed by atoms with Crippen LogP contribution in [-0.2, 0) is 38.4 Å². The van der Waals surface area contributed by atoms with Gasteiger partial charge in [0, 0.05) is 25.7 Å². The topological polar surface area (TPSA) is 289 Å². The van der Waals surface area contributed by atoms with Gasteiger partial charge in [0.15, 0.2) is 23.1 Å². The molecule has 3 unspecified atom stereocenters. The molecular formula is C25H44N8O8. The van der Waals surface area contributed by atoms with Crippen molar-refractivity contribution in [2.24, 2.45) is 40.7 Å². The minimum absolute atomic E-state index is 0.0558. The van der Waals surface area contributed by atoms with Gasteiger partial charge >= 0.3 is 0 Å². The van der Waals surface area contributed by atoms with Gasteiger partial charge in [-0.05, 0) is 24.2 Å². The van der Waals surface area contributed by atoms with E-state index in [1.165, 1.54) is 0 Å². The molecular weight excluding hydrogens is 540 g/mol. The molecule has 4 amide bonds. The van der Waals surface area contributed by atoms with Crippen LogP contribution in [0.5, 0.6) is 0 Å². The van der Waals surface area contributed by atoms with E-state index < -0.39 is 41.4 Å². The van der Waals surface area contributed by atoms with E-state index in [9.17, 15) is 38.4 Å². The molecule has 0 radical (unpaired) electrons. The van der Waals surface area contributed by atoms with Crippen LogP contribution in [0.4, 0.5) is 0 Å². The number of rotatable bonds is 23. The van der Waals surface area contributed by atoms with Crippen molar-refractivity contribution < 1.29 is 38.4 Å². The van der Waals surface area contributed by atoms with Gasteiger partial charge < -0.3 is 44.2 Å². The average Bonchev–Trinajstić information content (AvgIpc) is 2.96. The Morgan fingerprint density at radius 1 is 0.512 bits per heavy atom. The Hall–Kier alpha value is -3.60. The van der Waals surface area contributed by atoms with Crippen LogP contribution < -0.4 is 44.2 Å². The van der Waals surface area contributed by atoms with E-state index in [1.807, 2.05) is 0 Å². The predicted molar refractivity (Wildman–Crippen MR) is 148 cm³/mol. The third kappa shape index (κ3) is 17.7. The fourth-order valence-electron chi connectivity index (χ4n) is 4.09. The van der Waals surface area contributed by atoms with Crippen LogP contribution in [0, 0.1) is 17.8 Å². The summed E-state index contributed by atoms with van der Waals surface area (Å²) in [6, 6.07) is 0. The molecule has 41 heavy (non-hydrogen) atoms. The van der Waals surface area contributed by atoms with Crippen LogP contribution in [0.25, 0.3) is 0 Å². The molecule has 0 rings (SSSR count). The Kier molecular flexibility index (Phi) is 19.3. The van der Waals surface area contributed by atoms with Gasteiger partial charge in [-0.1, -0.05) is 6.92 Å². The Morgan fingerprint density at radius 2 is 0.854 bits per heavy atom. The minimum Gasteiger partial charge on any atom is -0.348 e. The number of Topliss-reactive ketones (excluding diaryl/α,β-unsaturated/α-hetero) is 4. The summed E-state index contributed by atoms with van der Waals surface area (Å²) in [5, 5.41) is 9.53. The van der Waals surface area contributed by atoms with Crippen LogP contribution in [0.2, 0.25) is 0 Å². The van der Waals surface area contributed by atoms with E-state index in [4.69, 9.17) is 22.9 Å². The summed E-state index contributed by atoms with van der Waals surface area (Å²) in [5.41, 5.74) is 21.0. The SMILES string of the molecule is CC(CC(=O)CNC(=O)CN)C(CC(=O)CNC(=O)CN)C(CCC(=O)CNC(=O)CN)CC(=O)CNC(=O)CN. The number of ketones is 4. The zero-order valence-corrected chi connectivity index (χ0v) is 23.5. The predicted octanol–water partition coefficient (Wildman–Crippen LogP) is -4.62. The standard InChI is InChI=1S/C25H44N8O8/c1-15(4-18(35)12-31-23(39)8-27)21(6-20(37)14-33-25(41)10-29)16(5-19(36)13-32-24(40)9-28)2-3-17(34)11-30-22(38)7-26/h15-16,21H,2-14,26-29H2,1H3,(H,30,38)(H,31,39)(H,32,40)(H,33,41). The van der Waals surface area contributed by atoms with Crippen LogP contribution in [0.15, 0.2) is 0 Å². The molecule has 0 heterocycles. The highest BCUT2D eigenvalue weighted by Gasteiger charge is 2.32. The average molecular weight is 585 g/mol. The van der Waals surface area contributed by atoms with E-state index >= 15 is 0 Å². The van der Waals surface area contributed by atoms with Crippen molar-refractivity contribution >= 4 is 46.8 Å². The molecule has 0 aliphatic carbocycles. The number of nitrogens with one attached hydrogen (secondary N) is 4. The molecule has 0 saturated carbocycles. The van der Waals surface area contributed by atoms with Gasteiger partial charge in [0.1, 0.15) is 0 Å². The van der Waals surface area contributed by atoms with Crippen LogP contribution in [0.3, 0.4) is 0 Å². The summed E-state index contributed by atoms with van der Waals surface area (Å²) in [5.74, 6) is -5.25. The van der Waals surface area contributed by atoms with Crippen molar-refractivity contribution in [2.75, 3.05) is 52.4 Å². The van der Waals surface area contributed by atoms with E-state index in [1.54, 1.807) is 6.92 Å². The number of carbonyl (C=O) groups is 8. The van der Waals surface area contributed by atoms with Crippen molar-refractivity contribution in [3.63, 3.8) is 0 Å². The van der Waals surface area contributed by atoms with E-state index in [-0.39, 0.29) is 108 Å². The highest BCUT2D eigenvalue weighted by atomic mass is 16.2. The molecule has 0 spiro atoms.